The van der Waals surface area contributed by atoms with Gasteiger partial charge in [-0.05, 0) is 42.5 Å². The van der Waals surface area contributed by atoms with Crippen molar-refractivity contribution in [3.8, 4) is 0 Å². The number of amides is 1. The van der Waals surface area contributed by atoms with E-state index in [0.717, 1.165) is 18.2 Å². The molecule has 1 aliphatic rings. The van der Waals surface area contributed by atoms with E-state index in [4.69, 9.17) is 11.6 Å². The molecule has 0 saturated carbocycles. The van der Waals surface area contributed by atoms with Crippen molar-refractivity contribution in [2.45, 2.75) is 5.37 Å². The third kappa shape index (κ3) is 4.53. The van der Waals surface area contributed by atoms with E-state index in [1.165, 1.54) is 24.3 Å². The number of hydrazine groups is 1. The Kier molecular flexibility index (Phi) is 5.61. The summed E-state index contributed by atoms with van der Waals surface area (Å²) in [6, 6.07) is 8.39. The third-order valence-corrected chi connectivity index (χ3v) is 5.82. The quantitative estimate of drug-likeness (QED) is 0.598. The fraction of sp³-hybridized carbons (Fsp3) is 0.188. The monoisotopic (exact) mass is 416 g/mol. The zero-order valence-electron chi connectivity index (χ0n) is 13.7. The van der Waals surface area contributed by atoms with E-state index >= 15 is 0 Å². The molecule has 2 aromatic carbocycles. The molecule has 2 aromatic rings. The van der Waals surface area contributed by atoms with E-state index in [-0.39, 0.29) is 22.9 Å². The number of halogens is 3. The van der Waals surface area contributed by atoms with Crippen molar-refractivity contribution in [2.75, 3.05) is 16.6 Å². The Morgan fingerprint density at radius 3 is 2.44 bits per heavy atom. The van der Waals surface area contributed by atoms with Crippen molar-refractivity contribution < 1.29 is 22.0 Å². The molecule has 3 rings (SSSR count). The number of carbonyl (C=O) groups excluding carboxylic acids is 1. The minimum atomic E-state index is -4.02. The molecule has 0 aromatic heterocycles. The number of carbonyl (C=O) groups is 1. The number of hydrogen-bond acceptors (Lipinski definition) is 5. The maximum atomic E-state index is 13.2. The molecule has 2 unspecified atom stereocenters. The van der Waals surface area contributed by atoms with Crippen LogP contribution in [-0.2, 0) is 14.8 Å². The lowest BCUT2D eigenvalue weighted by Gasteiger charge is -2.19. The van der Waals surface area contributed by atoms with Crippen molar-refractivity contribution in [1.82, 2.24) is 10.9 Å². The fourth-order valence-corrected chi connectivity index (χ4v) is 4.22. The van der Waals surface area contributed by atoms with Crippen molar-refractivity contribution in [3.63, 3.8) is 0 Å². The highest BCUT2D eigenvalue weighted by atomic mass is 35.5. The maximum Gasteiger partial charge on any atom is 0.250 e. The molecule has 1 amide bonds. The molecular weight excluding hydrogens is 402 g/mol. The third-order valence-electron chi connectivity index (χ3n) is 3.89. The Hall–Kier alpha value is -2.27. The zero-order chi connectivity index (χ0) is 19.6. The largest absolute Gasteiger partial charge is 0.326 e. The predicted molar refractivity (Wildman–Crippen MR) is 97.4 cm³/mol. The van der Waals surface area contributed by atoms with Crippen LogP contribution in [0.1, 0.15) is 0 Å². The van der Waals surface area contributed by atoms with Crippen LogP contribution in [-0.4, -0.2) is 26.2 Å². The highest BCUT2D eigenvalue weighted by Gasteiger charge is 2.42. The molecule has 0 radical (unpaired) electrons. The van der Waals surface area contributed by atoms with Gasteiger partial charge in [0.1, 0.15) is 11.6 Å². The average Bonchev–Trinajstić information content (AvgIpc) is 3.11. The lowest BCUT2D eigenvalue weighted by atomic mass is 10.1. The first-order valence-electron chi connectivity index (χ1n) is 7.78. The fourth-order valence-electron chi connectivity index (χ4n) is 2.56. The molecule has 11 heteroatoms. The molecule has 2 atom stereocenters. The summed E-state index contributed by atoms with van der Waals surface area (Å²) in [5, 5.41) is 1.07. The van der Waals surface area contributed by atoms with Crippen LogP contribution in [0.3, 0.4) is 0 Å². The first-order valence-corrected chi connectivity index (χ1v) is 9.70. The summed E-state index contributed by atoms with van der Waals surface area (Å²) in [6.07, 6.45) is 0. The van der Waals surface area contributed by atoms with Crippen molar-refractivity contribution in [1.29, 1.82) is 0 Å². The van der Waals surface area contributed by atoms with E-state index in [1.807, 2.05) is 0 Å². The van der Waals surface area contributed by atoms with E-state index < -0.39 is 38.9 Å². The van der Waals surface area contributed by atoms with Gasteiger partial charge in [-0.3, -0.25) is 14.9 Å². The van der Waals surface area contributed by atoms with Crippen LogP contribution >= 0.6 is 11.6 Å². The minimum Gasteiger partial charge on any atom is -0.326 e. The summed E-state index contributed by atoms with van der Waals surface area (Å²) >= 11 is 5.68. The van der Waals surface area contributed by atoms with E-state index in [9.17, 15) is 22.0 Å². The number of anilines is 2. The molecule has 1 heterocycles. The first-order chi connectivity index (χ1) is 12.8. The Morgan fingerprint density at radius 2 is 1.78 bits per heavy atom. The average molecular weight is 417 g/mol. The van der Waals surface area contributed by atoms with Crippen LogP contribution in [0, 0.1) is 17.6 Å². The van der Waals surface area contributed by atoms with Gasteiger partial charge in [-0.1, -0.05) is 11.6 Å². The number of rotatable bonds is 5. The predicted octanol–water partition coefficient (Wildman–Crippen LogP) is 2.05. The Balaban J connectivity index is 1.74. The Labute approximate surface area is 159 Å². The second kappa shape index (κ2) is 7.77. The summed E-state index contributed by atoms with van der Waals surface area (Å²) in [5.74, 6) is -2.71. The molecule has 0 bridgehead atoms. The number of benzene rings is 2. The van der Waals surface area contributed by atoms with Crippen LogP contribution in [0.5, 0.6) is 0 Å². The number of nitrogens with one attached hydrogen (secondary N) is 4. The van der Waals surface area contributed by atoms with Gasteiger partial charge in [0.25, 0.3) is 10.0 Å². The first kappa shape index (κ1) is 19.5. The molecule has 1 fully saturated rings. The minimum absolute atomic E-state index is 0.0513. The van der Waals surface area contributed by atoms with Gasteiger partial charge in [-0.2, -0.15) is 0 Å². The van der Waals surface area contributed by atoms with E-state index in [0.29, 0.717) is 0 Å². The normalized spacial score (nSPS) is 19.7. The van der Waals surface area contributed by atoms with Crippen LogP contribution in [0.25, 0.3) is 0 Å². The maximum absolute atomic E-state index is 13.2. The molecule has 1 aliphatic heterocycles. The van der Waals surface area contributed by atoms with Crippen LogP contribution in [0.2, 0.25) is 5.02 Å². The van der Waals surface area contributed by atoms with E-state index in [2.05, 4.69) is 20.9 Å². The standard InChI is InChI=1S/C16H15ClF2N4O3S/c17-13-7-11(5-6-14(13)19)21-15(24)12-8-20-22-16(12)27(25,26)23-10-3-1-9(18)2-4-10/h1-7,12,16,20,22-23H,8H2,(H,21,24). The van der Waals surface area contributed by atoms with Gasteiger partial charge in [0, 0.05) is 17.9 Å². The molecule has 7 nitrogen and oxygen atoms in total. The molecular formula is C16H15ClF2N4O3S. The van der Waals surface area contributed by atoms with Crippen LogP contribution in [0.15, 0.2) is 42.5 Å². The van der Waals surface area contributed by atoms with Gasteiger partial charge in [0.05, 0.1) is 10.9 Å². The van der Waals surface area contributed by atoms with E-state index in [1.54, 1.807) is 0 Å². The molecule has 27 heavy (non-hydrogen) atoms. The second-order valence-corrected chi connectivity index (χ2v) is 8.03. The highest BCUT2D eigenvalue weighted by Crippen LogP contribution is 2.23. The summed E-state index contributed by atoms with van der Waals surface area (Å²) in [6.45, 7) is 0.0513. The summed E-state index contributed by atoms with van der Waals surface area (Å²) in [5.41, 5.74) is 5.58. The van der Waals surface area contributed by atoms with Crippen molar-refractivity contribution in [3.05, 3.63) is 59.1 Å². The van der Waals surface area contributed by atoms with Gasteiger partial charge in [0.15, 0.2) is 5.37 Å². The molecule has 0 spiro atoms. The number of hydrogen-bond donors (Lipinski definition) is 4. The van der Waals surface area contributed by atoms with Crippen LogP contribution in [0.4, 0.5) is 20.2 Å². The topological polar surface area (TPSA) is 99.3 Å². The van der Waals surface area contributed by atoms with Gasteiger partial charge in [-0.25, -0.2) is 22.6 Å². The second-order valence-electron chi connectivity index (χ2n) is 5.82. The molecule has 1 saturated heterocycles. The Morgan fingerprint density at radius 1 is 1.11 bits per heavy atom. The summed E-state index contributed by atoms with van der Waals surface area (Å²) < 4.78 is 53.7. The molecule has 0 aliphatic carbocycles. The van der Waals surface area contributed by atoms with Gasteiger partial charge >= 0.3 is 0 Å². The van der Waals surface area contributed by atoms with Gasteiger partial charge in [0.2, 0.25) is 5.91 Å². The molecule has 4 N–H and O–H groups in total. The summed E-state index contributed by atoms with van der Waals surface area (Å²) in [7, 11) is -4.02. The van der Waals surface area contributed by atoms with Crippen molar-refractivity contribution in [2.24, 2.45) is 5.92 Å². The van der Waals surface area contributed by atoms with Crippen LogP contribution < -0.4 is 20.9 Å². The summed E-state index contributed by atoms with van der Waals surface area (Å²) in [4.78, 5) is 12.5. The van der Waals surface area contributed by atoms with Crippen molar-refractivity contribution >= 4 is 38.9 Å². The van der Waals surface area contributed by atoms with Gasteiger partial charge < -0.3 is 5.32 Å². The molecule has 144 valence electrons. The number of sulfonamides is 1. The SMILES string of the molecule is O=C(Nc1ccc(F)c(Cl)c1)C1CNNC1S(=O)(=O)Nc1ccc(F)cc1. The zero-order valence-corrected chi connectivity index (χ0v) is 15.2. The highest BCUT2D eigenvalue weighted by molar-refractivity contribution is 7.93. The lowest BCUT2D eigenvalue weighted by Crippen LogP contribution is -2.45. The smallest absolute Gasteiger partial charge is 0.250 e. The Bertz CT molecular complexity index is 957. The van der Waals surface area contributed by atoms with Gasteiger partial charge in [-0.15, -0.1) is 0 Å². The lowest BCUT2D eigenvalue weighted by molar-refractivity contribution is -0.119.